The first-order valence-electron chi connectivity index (χ1n) is 9.61. The number of hydrogen-bond donors (Lipinski definition) is 1. The van der Waals surface area contributed by atoms with Gasteiger partial charge in [-0.3, -0.25) is 14.3 Å². The second-order valence-electron chi connectivity index (χ2n) is 7.61. The van der Waals surface area contributed by atoms with Gasteiger partial charge < -0.3 is 10.2 Å². The van der Waals surface area contributed by atoms with Crippen molar-refractivity contribution < 1.29 is 4.79 Å². The molecule has 1 aromatic carbocycles. The van der Waals surface area contributed by atoms with Crippen LogP contribution in [0.1, 0.15) is 49.5 Å². The summed E-state index contributed by atoms with van der Waals surface area (Å²) in [5, 5.41) is 8.06. The van der Waals surface area contributed by atoms with Crippen LogP contribution in [-0.4, -0.2) is 45.8 Å². The molecule has 0 saturated carbocycles. The maximum absolute atomic E-state index is 12.8. The minimum atomic E-state index is -0.334. The van der Waals surface area contributed by atoms with E-state index in [9.17, 15) is 9.59 Å². The molecule has 0 spiro atoms. The third-order valence-corrected chi connectivity index (χ3v) is 5.95. The number of hydrogen-bond acceptors (Lipinski definition) is 4. The topological polar surface area (TPSA) is 67.2 Å². The second kappa shape index (κ2) is 6.83. The second-order valence-corrected chi connectivity index (χ2v) is 7.61. The number of nitrogens with zero attached hydrogens (tertiary/aromatic N) is 3. The Bertz CT molecular complexity index is 877. The number of carbonyl (C=O) groups is 1. The Morgan fingerprint density at radius 2 is 1.92 bits per heavy atom. The smallest absolute Gasteiger partial charge is 0.276 e. The van der Waals surface area contributed by atoms with Gasteiger partial charge in [0.2, 0.25) is 5.43 Å². The van der Waals surface area contributed by atoms with Gasteiger partial charge in [-0.2, -0.15) is 5.10 Å². The Hall–Kier alpha value is -2.21. The van der Waals surface area contributed by atoms with E-state index < -0.39 is 0 Å². The van der Waals surface area contributed by atoms with Crippen molar-refractivity contribution in [1.82, 2.24) is 20.0 Å². The van der Waals surface area contributed by atoms with E-state index >= 15 is 0 Å². The van der Waals surface area contributed by atoms with Crippen LogP contribution < -0.4 is 10.7 Å². The lowest BCUT2D eigenvalue weighted by Crippen LogP contribution is -2.49. The van der Waals surface area contributed by atoms with Gasteiger partial charge in [0.05, 0.1) is 5.52 Å². The first-order chi connectivity index (χ1) is 12.6. The first kappa shape index (κ1) is 17.2. The van der Waals surface area contributed by atoms with Gasteiger partial charge in [0.1, 0.15) is 0 Å². The lowest BCUT2D eigenvalue weighted by Gasteiger charge is -2.36. The molecule has 2 aliphatic rings. The number of nitrogens with one attached hydrogen (secondary N) is 1. The number of fused-ring (bicyclic) bond motifs is 3. The van der Waals surface area contributed by atoms with Gasteiger partial charge in [-0.15, -0.1) is 0 Å². The molecule has 0 radical (unpaired) electrons. The average Bonchev–Trinajstić information content (AvgIpc) is 2.85. The molecule has 3 heterocycles. The van der Waals surface area contributed by atoms with Gasteiger partial charge in [-0.05, 0) is 51.3 Å². The lowest BCUT2D eigenvalue weighted by molar-refractivity contribution is 0.0874. The van der Waals surface area contributed by atoms with E-state index in [0.29, 0.717) is 24.0 Å². The van der Waals surface area contributed by atoms with Crippen molar-refractivity contribution in [3.8, 4) is 0 Å². The highest BCUT2D eigenvalue weighted by atomic mass is 16.2. The highest BCUT2D eigenvalue weighted by molar-refractivity contribution is 5.95. The summed E-state index contributed by atoms with van der Waals surface area (Å²) in [5.41, 5.74) is 0.526. The number of amides is 1. The third kappa shape index (κ3) is 2.92. The van der Waals surface area contributed by atoms with Crippen LogP contribution in [0, 0.1) is 0 Å². The normalized spacial score (nSPS) is 25.5. The SMILES string of the molecule is CCCn1nc(C(=O)NC2C[C@H]3CC[C@@H](C2)N3C)c(=O)c2ccccc21. The Labute approximate surface area is 153 Å². The van der Waals surface area contributed by atoms with Crippen molar-refractivity contribution in [3.05, 3.63) is 40.2 Å². The van der Waals surface area contributed by atoms with E-state index in [0.717, 1.165) is 24.8 Å². The van der Waals surface area contributed by atoms with E-state index in [1.165, 1.54) is 12.8 Å². The molecule has 138 valence electrons. The molecular formula is C20H26N4O2. The van der Waals surface area contributed by atoms with Gasteiger partial charge in [-0.1, -0.05) is 19.1 Å². The monoisotopic (exact) mass is 354 g/mol. The molecule has 1 amide bonds. The summed E-state index contributed by atoms with van der Waals surface area (Å²) in [6.45, 7) is 2.74. The van der Waals surface area contributed by atoms with Crippen LogP contribution in [0.4, 0.5) is 0 Å². The molecule has 1 N–H and O–H groups in total. The van der Waals surface area contributed by atoms with Crippen LogP contribution in [0.5, 0.6) is 0 Å². The average molecular weight is 354 g/mol. The summed E-state index contributed by atoms with van der Waals surface area (Å²) < 4.78 is 1.78. The molecule has 26 heavy (non-hydrogen) atoms. The molecule has 4 rings (SSSR count). The summed E-state index contributed by atoms with van der Waals surface area (Å²) in [7, 11) is 2.18. The summed E-state index contributed by atoms with van der Waals surface area (Å²) in [4.78, 5) is 28.1. The predicted octanol–water partition coefficient (Wildman–Crippen LogP) is 2.16. The van der Waals surface area contributed by atoms with Gasteiger partial charge in [0, 0.05) is 30.1 Å². The minimum Gasteiger partial charge on any atom is -0.348 e. The predicted molar refractivity (Wildman–Crippen MR) is 101 cm³/mol. The summed E-state index contributed by atoms with van der Waals surface area (Å²) in [6.07, 6.45) is 5.19. The minimum absolute atomic E-state index is 0.0171. The number of carbonyl (C=O) groups excluding carboxylic acids is 1. The molecule has 1 aromatic heterocycles. The van der Waals surface area contributed by atoms with E-state index in [1.807, 2.05) is 18.2 Å². The quantitative estimate of drug-likeness (QED) is 0.914. The largest absolute Gasteiger partial charge is 0.348 e. The molecule has 2 bridgehead atoms. The summed E-state index contributed by atoms with van der Waals surface area (Å²) >= 11 is 0. The molecular weight excluding hydrogens is 328 g/mol. The lowest BCUT2D eigenvalue weighted by atomic mass is 9.98. The Morgan fingerprint density at radius 1 is 1.23 bits per heavy atom. The molecule has 1 unspecified atom stereocenters. The van der Waals surface area contributed by atoms with Crippen LogP contribution in [0.3, 0.4) is 0 Å². The Kier molecular flexibility index (Phi) is 4.53. The number of benzene rings is 1. The molecule has 6 heteroatoms. The number of piperidine rings is 1. The molecule has 2 fully saturated rings. The fraction of sp³-hybridized carbons (Fsp3) is 0.550. The molecule has 2 aromatic rings. The molecule has 0 aliphatic carbocycles. The van der Waals surface area contributed by atoms with Crippen LogP contribution in [0.15, 0.2) is 29.1 Å². The molecule has 6 nitrogen and oxygen atoms in total. The van der Waals surface area contributed by atoms with Crippen LogP contribution in [-0.2, 0) is 6.54 Å². The Morgan fingerprint density at radius 3 is 2.62 bits per heavy atom. The van der Waals surface area contributed by atoms with Crippen LogP contribution in [0.25, 0.3) is 10.9 Å². The fourth-order valence-corrected chi connectivity index (χ4v) is 4.55. The van der Waals surface area contributed by atoms with Crippen molar-refractivity contribution in [2.45, 2.75) is 63.7 Å². The highest BCUT2D eigenvalue weighted by Crippen LogP contribution is 2.34. The van der Waals surface area contributed by atoms with Gasteiger partial charge in [0.15, 0.2) is 5.69 Å². The molecule has 2 aliphatic heterocycles. The van der Waals surface area contributed by atoms with E-state index in [1.54, 1.807) is 10.7 Å². The first-order valence-corrected chi connectivity index (χ1v) is 9.61. The highest BCUT2D eigenvalue weighted by Gasteiger charge is 2.39. The van der Waals surface area contributed by atoms with Gasteiger partial charge in [-0.25, -0.2) is 0 Å². The zero-order chi connectivity index (χ0) is 18.3. The van der Waals surface area contributed by atoms with E-state index in [2.05, 4.69) is 29.3 Å². The molecule has 3 atom stereocenters. The van der Waals surface area contributed by atoms with Crippen molar-refractivity contribution >= 4 is 16.8 Å². The Balaban J connectivity index is 1.63. The van der Waals surface area contributed by atoms with Crippen LogP contribution in [0.2, 0.25) is 0 Å². The van der Waals surface area contributed by atoms with E-state index in [4.69, 9.17) is 0 Å². The number of aryl methyl sites for hydroxylation is 1. The maximum atomic E-state index is 12.8. The van der Waals surface area contributed by atoms with Crippen molar-refractivity contribution in [3.63, 3.8) is 0 Å². The van der Waals surface area contributed by atoms with Gasteiger partial charge >= 0.3 is 0 Å². The standard InChI is InChI=1S/C20H26N4O2/c1-3-10-24-17-7-5-4-6-16(17)19(25)18(22-24)20(26)21-13-11-14-8-9-15(12-13)23(14)2/h4-7,13-15H,3,8-12H2,1-2H3,(H,21,26)/t13?,14-,15+. The zero-order valence-corrected chi connectivity index (χ0v) is 15.4. The summed E-state index contributed by atoms with van der Waals surface area (Å²) in [5.74, 6) is -0.334. The number of para-hydroxylation sites is 1. The maximum Gasteiger partial charge on any atom is 0.276 e. The van der Waals surface area contributed by atoms with Crippen LogP contribution >= 0.6 is 0 Å². The summed E-state index contributed by atoms with van der Waals surface area (Å²) in [6, 6.07) is 8.60. The molecule has 2 saturated heterocycles. The van der Waals surface area contributed by atoms with Crippen molar-refractivity contribution in [2.24, 2.45) is 0 Å². The van der Waals surface area contributed by atoms with Crippen molar-refractivity contribution in [1.29, 1.82) is 0 Å². The zero-order valence-electron chi connectivity index (χ0n) is 15.4. The van der Waals surface area contributed by atoms with Crippen molar-refractivity contribution in [2.75, 3.05) is 7.05 Å². The number of aromatic nitrogens is 2. The number of rotatable bonds is 4. The van der Waals surface area contributed by atoms with E-state index in [-0.39, 0.29) is 23.1 Å². The fourth-order valence-electron chi connectivity index (χ4n) is 4.55. The van der Waals surface area contributed by atoms with Gasteiger partial charge in [0.25, 0.3) is 5.91 Å². The third-order valence-electron chi connectivity index (χ3n) is 5.95.